The molecule has 0 aliphatic heterocycles. The van der Waals surface area contributed by atoms with Crippen molar-refractivity contribution < 1.29 is 28.2 Å². The van der Waals surface area contributed by atoms with E-state index in [1.807, 2.05) is 20.8 Å². The fourth-order valence-electron chi connectivity index (χ4n) is 2.65. The monoisotopic (exact) mass is 355 g/mol. The van der Waals surface area contributed by atoms with Crippen molar-refractivity contribution in [2.45, 2.75) is 51.2 Å². The Hall–Kier alpha value is -2.02. The molecule has 7 heteroatoms. The standard InChI is InChI=1S/C18H23F2NO4/c1-18(2,3)25-7-6-15(17(23)24)21-16(22)13-9-11(13)12-8-10(19)4-5-14(12)20/h4-5,8,11,13,15H,6-7,9H2,1-3H3,(H,21,22)(H,23,24). The van der Waals surface area contributed by atoms with Gasteiger partial charge in [-0.15, -0.1) is 0 Å². The SMILES string of the molecule is CC(C)(C)OCCC(NC(=O)C1CC1c1cc(F)ccc1F)C(=O)O. The van der Waals surface area contributed by atoms with Gasteiger partial charge in [0.15, 0.2) is 0 Å². The highest BCUT2D eigenvalue weighted by atomic mass is 19.1. The number of ether oxygens (including phenoxy) is 1. The van der Waals surface area contributed by atoms with E-state index in [-0.39, 0.29) is 18.6 Å². The molecule has 1 saturated carbocycles. The van der Waals surface area contributed by atoms with Crippen LogP contribution in [0.3, 0.4) is 0 Å². The zero-order chi connectivity index (χ0) is 18.8. The Balaban J connectivity index is 1.92. The van der Waals surface area contributed by atoms with Crippen LogP contribution in [0, 0.1) is 17.6 Å². The first-order valence-electron chi connectivity index (χ1n) is 8.20. The van der Waals surface area contributed by atoms with Crippen molar-refractivity contribution in [1.29, 1.82) is 0 Å². The van der Waals surface area contributed by atoms with Crippen LogP contribution in [0.15, 0.2) is 18.2 Å². The molecule has 0 radical (unpaired) electrons. The third kappa shape index (κ3) is 5.49. The predicted molar refractivity (Wildman–Crippen MR) is 87.1 cm³/mol. The lowest BCUT2D eigenvalue weighted by atomic mass is 10.1. The average Bonchev–Trinajstić information content (AvgIpc) is 3.27. The summed E-state index contributed by atoms with van der Waals surface area (Å²) in [7, 11) is 0. The van der Waals surface area contributed by atoms with E-state index in [0.717, 1.165) is 18.2 Å². The number of carbonyl (C=O) groups is 2. The third-order valence-corrected chi connectivity index (χ3v) is 4.04. The second kappa shape index (κ2) is 7.47. The van der Waals surface area contributed by atoms with Crippen LogP contribution >= 0.6 is 0 Å². The van der Waals surface area contributed by atoms with Gasteiger partial charge in [0.25, 0.3) is 0 Å². The number of halogens is 2. The van der Waals surface area contributed by atoms with Crippen LogP contribution in [0.25, 0.3) is 0 Å². The molecule has 1 aromatic carbocycles. The fraction of sp³-hybridized carbons (Fsp3) is 0.556. The van der Waals surface area contributed by atoms with Gasteiger partial charge < -0.3 is 15.2 Å². The summed E-state index contributed by atoms with van der Waals surface area (Å²) in [5, 5.41) is 11.7. The molecule has 138 valence electrons. The van der Waals surface area contributed by atoms with Crippen LogP contribution in [-0.4, -0.2) is 35.2 Å². The summed E-state index contributed by atoms with van der Waals surface area (Å²) < 4.78 is 32.5. The quantitative estimate of drug-likeness (QED) is 0.789. The molecule has 3 atom stereocenters. The summed E-state index contributed by atoms with van der Waals surface area (Å²) in [5.74, 6) is -3.70. The van der Waals surface area contributed by atoms with E-state index >= 15 is 0 Å². The Labute approximate surface area is 145 Å². The molecule has 0 spiro atoms. The normalized spacial score (nSPS) is 20.8. The first-order valence-corrected chi connectivity index (χ1v) is 8.20. The topological polar surface area (TPSA) is 75.6 Å². The number of carbonyl (C=O) groups excluding carboxylic acids is 1. The number of benzene rings is 1. The number of amides is 1. The molecule has 1 fully saturated rings. The van der Waals surface area contributed by atoms with Gasteiger partial charge in [0.05, 0.1) is 5.60 Å². The van der Waals surface area contributed by atoms with E-state index in [2.05, 4.69) is 5.32 Å². The molecule has 1 aliphatic carbocycles. The largest absolute Gasteiger partial charge is 0.480 e. The maximum absolute atomic E-state index is 13.8. The zero-order valence-corrected chi connectivity index (χ0v) is 14.5. The zero-order valence-electron chi connectivity index (χ0n) is 14.5. The van der Waals surface area contributed by atoms with Crippen molar-refractivity contribution in [3.05, 3.63) is 35.4 Å². The minimum absolute atomic E-state index is 0.129. The van der Waals surface area contributed by atoms with Gasteiger partial charge in [0, 0.05) is 18.9 Å². The predicted octanol–water partition coefficient (Wildman–Crippen LogP) is 2.84. The maximum atomic E-state index is 13.8. The van der Waals surface area contributed by atoms with Crippen molar-refractivity contribution >= 4 is 11.9 Å². The van der Waals surface area contributed by atoms with E-state index in [4.69, 9.17) is 4.74 Å². The Morgan fingerprint density at radius 3 is 2.64 bits per heavy atom. The molecule has 2 rings (SSSR count). The number of rotatable bonds is 7. The lowest BCUT2D eigenvalue weighted by Crippen LogP contribution is -2.42. The lowest BCUT2D eigenvalue weighted by Gasteiger charge is -2.21. The van der Waals surface area contributed by atoms with Crippen molar-refractivity contribution in [3.8, 4) is 0 Å². The summed E-state index contributed by atoms with van der Waals surface area (Å²) >= 11 is 0. The number of hydrogen-bond acceptors (Lipinski definition) is 3. The number of carboxylic acids is 1. The average molecular weight is 355 g/mol. The first kappa shape index (κ1) is 19.3. The molecule has 0 saturated heterocycles. The van der Waals surface area contributed by atoms with Crippen LogP contribution in [0.4, 0.5) is 8.78 Å². The molecule has 3 unspecified atom stereocenters. The molecular weight excluding hydrogens is 332 g/mol. The van der Waals surface area contributed by atoms with Crippen LogP contribution in [0.5, 0.6) is 0 Å². The molecule has 0 aromatic heterocycles. The molecule has 0 heterocycles. The number of aliphatic carboxylic acids is 1. The Bertz CT molecular complexity index is 657. The van der Waals surface area contributed by atoms with E-state index in [1.54, 1.807) is 0 Å². The van der Waals surface area contributed by atoms with Crippen LogP contribution in [0.2, 0.25) is 0 Å². The van der Waals surface area contributed by atoms with Gasteiger partial charge in [-0.05, 0) is 56.9 Å². The molecule has 1 amide bonds. The minimum Gasteiger partial charge on any atom is -0.480 e. The number of hydrogen-bond donors (Lipinski definition) is 2. The smallest absolute Gasteiger partial charge is 0.326 e. The van der Waals surface area contributed by atoms with Gasteiger partial charge >= 0.3 is 5.97 Å². The van der Waals surface area contributed by atoms with Gasteiger partial charge in [-0.3, -0.25) is 4.79 Å². The molecule has 2 N–H and O–H groups in total. The summed E-state index contributed by atoms with van der Waals surface area (Å²) in [5.41, 5.74) is -0.244. The highest BCUT2D eigenvalue weighted by molar-refractivity contribution is 5.87. The molecule has 5 nitrogen and oxygen atoms in total. The Kier molecular flexibility index (Phi) is 5.77. The van der Waals surface area contributed by atoms with E-state index in [1.165, 1.54) is 0 Å². The molecular formula is C18H23F2NO4. The van der Waals surface area contributed by atoms with E-state index in [9.17, 15) is 23.5 Å². The summed E-state index contributed by atoms with van der Waals surface area (Å²) in [4.78, 5) is 23.5. The van der Waals surface area contributed by atoms with Gasteiger partial charge in [-0.2, -0.15) is 0 Å². The number of carboxylic acid groups (broad SMARTS) is 1. The van der Waals surface area contributed by atoms with E-state index < -0.39 is 47.0 Å². The first-order chi connectivity index (χ1) is 11.6. The summed E-state index contributed by atoms with van der Waals surface area (Å²) in [6.45, 7) is 5.74. The maximum Gasteiger partial charge on any atom is 0.326 e. The molecule has 25 heavy (non-hydrogen) atoms. The van der Waals surface area contributed by atoms with Crippen molar-refractivity contribution in [3.63, 3.8) is 0 Å². The molecule has 1 aliphatic rings. The number of nitrogens with one attached hydrogen (secondary N) is 1. The highest BCUT2D eigenvalue weighted by Gasteiger charge is 2.46. The minimum atomic E-state index is -1.15. The highest BCUT2D eigenvalue weighted by Crippen LogP contribution is 2.48. The van der Waals surface area contributed by atoms with Crippen molar-refractivity contribution in [1.82, 2.24) is 5.32 Å². The lowest BCUT2D eigenvalue weighted by molar-refractivity contribution is -0.143. The van der Waals surface area contributed by atoms with Crippen LogP contribution in [0.1, 0.15) is 45.1 Å². The molecule has 0 bridgehead atoms. The van der Waals surface area contributed by atoms with Crippen molar-refractivity contribution in [2.24, 2.45) is 5.92 Å². The van der Waals surface area contributed by atoms with Gasteiger partial charge in [-0.25, -0.2) is 13.6 Å². The Morgan fingerprint density at radius 2 is 2.04 bits per heavy atom. The van der Waals surface area contributed by atoms with E-state index in [0.29, 0.717) is 6.42 Å². The third-order valence-electron chi connectivity index (χ3n) is 4.04. The van der Waals surface area contributed by atoms with Gasteiger partial charge in [0.1, 0.15) is 17.7 Å². The van der Waals surface area contributed by atoms with Crippen molar-refractivity contribution in [2.75, 3.05) is 6.61 Å². The van der Waals surface area contributed by atoms with Gasteiger partial charge in [0.2, 0.25) is 5.91 Å². The second-order valence-electron chi connectivity index (χ2n) is 7.26. The summed E-state index contributed by atoms with van der Waals surface area (Å²) in [6.07, 6.45) is 0.501. The van der Waals surface area contributed by atoms with Crippen LogP contribution in [-0.2, 0) is 14.3 Å². The fourth-order valence-corrected chi connectivity index (χ4v) is 2.65. The summed E-state index contributed by atoms with van der Waals surface area (Å²) in [6, 6.07) is 2.06. The molecule has 1 aromatic rings. The van der Waals surface area contributed by atoms with Crippen LogP contribution < -0.4 is 5.32 Å². The second-order valence-corrected chi connectivity index (χ2v) is 7.26. The Morgan fingerprint density at radius 1 is 1.36 bits per heavy atom. The van der Waals surface area contributed by atoms with Gasteiger partial charge in [-0.1, -0.05) is 0 Å².